The van der Waals surface area contributed by atoms with Gasteiger partial charge in [0.05, 0.1) is 0 Å². The van der Waals surface area contributed by atoms with E-state index >= 15 is 0 Å². The molecule has 2 aromatic rings. The van der Waals surface area contributed by atoms with Crippen molar-refractivity contribution in [2.75, 3.05) is 12.4 Å². The molecule has 1 fully saturated rings. The van der Waals surface area contributed by atoms with Crippen LogP contribution in [0.2, 0.25) is 0 Å². The number of anilines is 1. The monoisotopic (exact) mass is 363 g/mol. The SMILES string of the molecule is CC1CC(c2ccccc2)C(C)N1C(=O)Nc1ccc2c(c1)C(=O)N(C)C2. The number of nitrogens with one attached hydrogen (secondary N) is 1. The molecule has 2 aliphatic heterocycles. The fourth-order valence-electron chi connectivity index (χ4n) is 4.49. The predicted octanol–water partition coefficient (Wildman–Crippen LogP) is 4.07. The molecule has 0 spiro atoms. The molecule has 5 heteroatoms. The lowest BCUT2D eigenvalue weighted by molar-refractivity contribution is 0.0816. The van der Waals surface area contributed by atoms with Gasteiger partial charge in [0, 0.05) is 42.8 Å². The zero-order chi connectivity index (χ0) is 19.1. The molecule has 0 saturated carbocycles. The van der Waals surface area contributed by atoms with Crippen LogP contribution in [0.5, 0.6) is 0 Å². The van der Waals surface area contributed by atoms with Gasteiger partial charge in [-0.05, 0) is 43.5 Å². The number of nitrogens with zero attached hydrogens (tertiary/aromatic N) is 2. The average Bonchev–Trinajstić information content (AvgIpc) is 3.11. The van der Waals surface area contributed by atoms with Crippen LogP contribution >= 0.6 is 0 Å². The third kappa shape index (κ3) is 3.07. The van der Waals surface area contributed by atoms with E-state index in [9.17, 15) is 9.59 Å². The highest BCUT2D eigenvalue weighted by molar-refractivity contribution is 6.00. The molecule has 3 atom stereocenters. The van der Waals surface area contributed by atoms with Crippen molar-refractivity contribution in [3.05, 3.63) is 65.2 Å². The third-order valence-corrected chi connectivity index (χ3v) is 5.90. The van der Waals surface area contributed by atoms with Gasteiger partial charge in [0.1, 0.15) is 0 Å². The quantitative estimate of drug-likeness (QED) is 0.874. The van der Waals surface area contributed by atoms with Crippen molar-refractivity contribution in [3.63, 3.8) is 0 Å². The maximum atomic E-state index is 13.0. The highest BCUT2D eigenvalue weighted by atomic mass is 16.2. The van der Waals surface area contributed by atoms with Gasteiger partial charge in [0.15, 0.2) is 0 Å². The van der Waals surface area contributed by atoms with Crippen molar-refractivity contribution in [3.8, 4) is 0 Å². The minimum Gasteiger partial charge on any atom is -0.337 e. The van der Waals surface area contributed by atoms with Crippen LogP contribution in [0.1, 0.15) is 47.7 Å². The number of benzene rings is 2. The van der Waals surface area contributed by atoms with Crippen LogP contribution < -0.4 is 5.32 Å². The maximum absolute atomic E-state index is 13.0. The van der Waals surface area contributed by atoms with Crippen LogP contribution in [0.25, 0.3) is 0 Å². The van der Waals surface area contributed by atoms with E-state index in [1.54, 1.807) is 18.0 Å². The van der Waals surface area contributed by atoms with Gasteiger partial charge in [-0.15, -0.1) is 0 Å². The zero-order valence-electron chi connectivity index (χ0n) is 16.0. The summed E-state index contributed by atoms with van der Waals surface area (Å²) in [5.74, 6) is 0.343. The van der Waals surface area contributed by atoms with Gasteiger partial charge in [-0.25, -0.2) is 4.79 Å². The summed E-state index contributed by atoms with van der Waals surface area (Å²) in [5, 5.41) is 3.00. The van der Waals surface area contributed by atoms with Crippen molar-refractivity contribution in [2.24, 2.45) is 0 Å². The minimum absolute atomic E-state index is 0.00755. The summed E-state index contributed by atoms with van der Waals surface area (Å²) in [4.78, 5) is 28.8. The van der Waals surface area contributed by atoms with Gasteiger partial charge in [0.25, 0.3) is 5.91 Å². The molecule has 0 aliphatic carbocycles. The van der Waals surface area contributed by atoms with E-state index in [4.69, 9.17) is 0 Å². The Hall–Kier alpha value is -2.82. The topological polar surface area (TPSA) is 52.7 Å². The van der Waals surface area contributed by atoms with E-state index in [0.717, 1.165) is 12.0 Å². The molecule has 0 aromatic heterocycles. The molecule has 2 aromatic carbocycles. The molecule has 140 valence electrons. The van der Waals surface area contributed by atoms with Crippen LogP contribution in [0, 0.1) is 0 Å². The highest BCUT2D eigenvalue weighted by Gasteiger charge is 2.39. The second-order valence-electron chi connectivity index (χ2n) is 7.71. The van der Waals surface area contributed by atoms with Gasteiger partial charge < -0.3 is 15.1 Å². The Kier molecular flexibility index (Phi) is 4.38. The largest absolute Gasteiger partial charge is 0.337 e. The van der Waals surface area contributed by atoms with E-state index < -0.39 is 0 Å². The summed E-state index contributed by atoms with van der Waals surface area (Å²) >= 11 is 0. The fourth-order valence-corrected chi connectivity index (χ4v) is 4.49. The molecular weight excluding hydrogens is 338 g/mol. The lowest BCUT2D eigenvalue weighted by atomic mass is 9.92. The number of likely N-dealkylation sites (tertiary alicyclic amines) is 1. The smallest absolute Gasteiger partial charge is 0.322 e. The lowest BCUT2D eigenvalue weighted by Crippen LogP contribution is -2.42. The number of carbonyl (C=O) groups is 2. The normalized spacial score (nSPS) is 24.3. The van der Waals surface area contributed by atoms with E-state index in [1.807, 2.05) is 35.2 Å². The first-order valence-corrected chi connectivity index (χ1v) is 9.48. The summed E-state index contributed by atoms with van der Waals surface area (Å²) in [6, 6.07) is 16.2. The molecule has 1 saturated heterocycles. The van der Waals surface area contributed by atoms with Crippen LogP contribution in [0.4, 0.5) is 10.5 Å². The molecule has 3 unspecified atom stereocenters. The Morgan fingerprint density at radius 3 is 2.59 bits per heavy atom. The number of rotatable bonds is 2. The Morgan fingerprint density at radius 1 is 1.11 bits per heavy atom. The molecule has 0 bridgehead atoms. The van der Waals surface area contributed by atoms with Gasteiger partial charge >= 0.3 is 6.03 Å². The standard InChI is InChI=1S/C22H25N3O2/c1-14-11-19(16-7-5-4-6-8-16)15(2)25(14)22(27)23-18-10-9-17-13-24(3)21(26)20(17)12-18/h4-10,12,14-15,19H,11,13H2,1-3H3,(H,23,27). The first-order chi connectivity index (χ1) is 13.0. The molecule has 27 heavy (non-hydrogen) atoms. The van der Waals surface area contributed by atoms with Crippen LogP contribution in [0.3, 0.4) is 0 Å². The molecule has 5 nitrogen and oxygen atoms in total. The van der Waals surface area contributed by atoms with Crippen molar-refractivity contribution in [1.29, 1.82) is 0 Å². The van der Waals surface area contributed by atoms with E-state index in [0.29, 0.717) is 23.7 Å². The van der Waals surface area contributed by atoms with E-state index in [2.05, 4.69) is 31.3 Å². The first-order valence-electron chi connectivity index (χ1n) is 9.48. The molecule has 1 N–H and O–H groups in total. The minimum atomic E-state index is -0.104. The van der Waals surface area contributed by atoms with Crippen molar-refractivity contribution >= 4 is 17.6 Å². The molecule has 2 aliphatic rings. The van der Waals surface area contributed by atoms with Crippen molar-refractivity contribution < 1.29 is 9.59 Å². The van der Waals surface area contributed by atoms with E-state index in [-0.39, 0.29) is 24.0 Å². The van der Waals surface area contributed by atoms with Gasteiger partial charge in [-0.1, -0.05) is 36.4 Å². The molecule has 4 rings (SSSR count). The van der Waals surface area contributed by atoms with Crippen LogP contribution in [-0.4, -0.2) is 40.9 Å². The second-order valence-corrected chi connectivity index (χ2v) is 7.71. The van der Waals surface area contributed by atoms with Crippen molar-refractivity contribution in [1.82, 2.24) is 9.80 Å². The maximum Gasteiger partial charge on any atom is 0.322 e. The molecule has 3 amide bonds. The second kappa shape index (κ2) is 6.72. The van der Waals surface area contributed by atoms with Gasteiger partial charge in [0.2, 0.25) is 0 Å². The zero-order valence-corrected chi connectivity index (χ0v) is 16.0. The van der Waals surface area contributed by atoms with E-state index in [1.165, 1.54) is 5.56 Å². The fraction of sp³-hybridized carbons (Fsp3) is 0.364. The third-order valence-electron chi connectivity index (χ3n) is 5.90. The average molecular weight is 363 g/mol. The number of urea groups is 1. The summed E-state index contributed by atoms with van der Waals surface area (Å²) in [6.07, 6.45) is 0.950. The summed E-state index contributed by atoms with van der Waals surface area (Å²) in [7, 11) is 1.79. The first kappa shape index (κ1) is 17.6. The summed E-state index contributed by atoms with van der Waals surface area (Å²) in [5.41, 5.74) is 3.64. The highest BCUT2D eigenvalue weighted by Crippen LogP contribution is 2.37. The number of hydrogen-bond donors (Lipinski definition) is 1. The Labute approximate surface area is 160 Å². The molecule has 2 heterocycles. The lowest BCUT2D eigenvalue weighted by Gasteiger charge is -2.28. The number of amides is 3. The number of fused-ring (bicyclic) bond motifs is 1. The summed E-state index contributed by atoms with van der Waals surface area (Å²) in [6.45, 7) is 4.84. The predicted molar refractivity (Wildman–Crippen MR) is 106 cm³/mol. The number of carbonyl (C=O) groups excluding carboxylic acids is 2. The van der Waals surface area contributed by atoms with Crippen LogP contribution in [-0.2, 0) is 6.54 Å². The number of hydrogen-bond acceptors (Lipinski definition) is 2. The Bertz CT molecular complexity index is 880. The van der Waals surface area contributed by atoms with Gasteiger partial charge in [-0.2, -0.15) is 0 Å². The van der Waals surface area contributed by atoms with Crippen molar-refractivity contribution in [2.45, 2.75) is 44.8 Å². The molecular formula is C22H25N3O2. The Balaban J connectivity index is 1.51. The van der Waals surface area contributed by atoms with Gasteiger partial charge in [-0.3, -0.25) is 4.79 Å². The molecule has 0 radical (unpaired) electrons. The van der Waals surface area contributed by atoms with Crippen LogP contribution in [0.15, 0.2) is 48.5 Å². The summed E-state index contributed by atoms with van der Waals surface area (Å²) < 4.78 is 0. The Morgan fingerprint density at radius 2 is 1.85 bits per heavy atom.